The predicted octanol–water partition coefficient (Wildman–Crippen LogP) is 0.966. The van der Waals surface area contributed by atoms with Crippen LogP contribution in [-0.2, 0) is 20.8 Å². The first-order valence-electron chi connectivity index (χ1n) is 7.88. The SMILES string of the molecule is CC(=O)c1c(C)nn(CCC(=O)N(C)C[C@H]2COCCO2)c1C. The topological polar surface area (TPSA) is 73.7 Å². The van der Waals surface area contributed by atoms with Gasteiger partial charge in [-0.2, -0.15) is 5.10 Å². The third-order valence-electron chi connectivity index (χ3n) is 4.06. The van der Waals surface area contributed by atoms with Gasteiger partial charge in [0, 0.05) is 32.3 Å². The van der Waals surface area contributed by atoms with Gasteiger partial charge in [-0.25, -0.2) is 0 Å². The van der Waals surface area contributed by atoms with Crippen LogP contribution in [-0.4, -0.2) is 65.9 Å². The monoisotopic (exact) mass is 323 g/mol. The van der Waals surface area contributed by atoms with E-state index < -0.39 is 0 Å². The maximum atomic E-state index is 12.2. The molecule has 1 saturated heterocycles. The van der Waals surface area contributed by atoms with Crippen molar-refractivity contribution in [1.29, 1.82) is 0 Å². The van der Waals surface area contributed by atoms with Crippen LogP contribution >= 0.6 is 0 Å². The molecular formula is C16H25N3O4. The van der Waals surface area contributed by atoms with Crippen LogP contribution in [0, 0.1) is 13.8 Å². The minimum atomic E-state index is -0.0595. The first-order valence-corrected chi connectivity index (χ1v) is 7.88. The lowest BCUT2D eigenvalue weighted by atomic mass is 10.1. The Bertz CT molecular complexity index is 576. The van der Waals surface area contributed by atoms with Gasteiger partial charge in [0.15, 0.2) is 5.78 Å². The van der Waals surface area contributed by atoms with E-state index in [1.165, 1.54) is 6.92 Å². The minimum absolute atomic E-state index is 0.00384. The number of hydrogen-bond acceptors (Lipinski definition) is 5. The van der Waals surface area contributed by atoms with Crippen molar-refractivity contribution in [3.63, 3.8) is 0 Å². The quantitative estimate of drug-likeness (QED) is 0.729. The lowest BCUT2D eigenvalue weighted by molar-refractivity contribution is -0.136. The zero-order chi connectivity index (χ0) is 17.0. The van der Waals surface area contributed by atoms with Gasteiger partial charge in [0.2, 0.25) is 5.91 Å². The number of ether oxygens (including phenoxy) is 2. The summed E-state index contributed by atoms with van der Waals surface area (Å²) >= 11 is 0. The van der Waals surface area contributed by atoms with E-state index >= 15 is 0 Å². The molecule has 0 aromatic carbocycles. The first kappa shape index (κ1) is 17.6. The van der Waals surface area contributed by atoms with Gasteiger partial charge < -0.3 is 14.4 Å². The molecule has 1 aliphatic rings. The maximum Gasteiger partial charge on any atom is 0.224 e. The van der Waals surface area contributed by atoms with Crippen LogP contribution in [0.3, 0.4) is 0 Å². The lowest BCUT2D eigenvalue weighted by Gasteiger charge is -2.27. The Labute approximate surface area is 136 Å². The third kappa shape index (κ3) is 4.39. The van der Waals surface area contributed by atoms with Crippen molar-refractivity contribution >= 4 is 11.7 Å². The summed E-state index contributed by atoms with van der Waals surface area (Å²) in [5.41, 5.74) is 2.18. The van der Waals surface area contributed by atoms with Crippen LogP contribution < -0.4 is 0 Å². The number of aryl methyl sites for hydroxylation is 2. The number of aromatic nitrogens is 2. The van der Waals surface area contributed by atoms with E-state index in [1.54, 1.807) is 16.6 Å². The molecule has 0 unspecified atom stereocenters. The molecule has 0 saturated carbocycles. The third-order valence-corrected chi connectivity index (χ3v) is 4.06. The van der Waals surface area contributed by atoms with E-state index in [0.717, 1.165) is 5.69 Å². The number of nitrogens with zero attached hydrogens (tertiary/aromatic N) is 3. The van der Waals surface area contributed by atoms with Crippen molar-refractivity contribution in [2.45, 2.75) is 39.8 Å². The zero-order valence-corrected chi connectivity index (χ0v) is 14.3. The molecule has 0 radical (unpaired) electrons. The summed E-state index contributed by atoms with van der Waals surface area (Å²) in [6.45, 7) is 7.91. The fourth-order valence-electron chi connectivity index (χ4n) is 2.87. The summed E-state index contributed by atoms with van der Waals surface area (Å²) in [6, 6.07) is 0. The molecule has 1 aromatic rings. The number of carbonyl (C=O) groups is 2. The van der Waals surface area contributed by atoms with Gasteiger partial charge in [-0.3, -0.25) is 14.3 Å². The molecule has 0 spiro atoms. The Kier molecular flexibility index (Phi) is 5.90. The van der Waals surface area contributed by atoms with E-state index in [-0.39, 0.29) is 17.8 Å². The highest BCUT2D eigenvalue weighted by atomic mass is 16.6. The molecule has 23 heavy (non-hydrogen) atoms. The van der Waals surface area contributed by atoms with E-state index in [2.05, 4.69) is 5.10 Å². The Hall–Kier alpha value is -1.73. The fourth-order valence-corrected chi connectivity index (χ4v) is 2.87. The van der Waals surface area contributed by atoms with Gasteiger partial charge in [-0.15, -0.1) is 0 Å². The van der Waals surface area contributed by atoms with Gasteiger partial charge in [0.05, 0.1) is 37.2 Å². The highest BCUT2D eigenvalue weighted by molar-refractivity contribution is 5.96. The molecule has 1 aromatic heterocycles. The first-order chi connectivity index (χ1) is 10.9. The predicted molar refractivity (Wildman–Crippen MR) is 84.5 cm³/mol. The van der Waals surface area contributed by atoms with Crippen molar-refractivity contribution < 1.29 is 19.1 Å². The van der Waals surface area contributed by atoms with Crippen LogP contribution in [0.5, 0.6) is 0 Å². The Morgan fingerprint density at radius 2 is 2.09 bits per heavy atom. The average Bonchev–Trinajstić information content (AvgIpc) is 2.80. The molecule has 2 rings (SSSR count). The zero-order valence-electron chi connectivity index (χ0n) is 14.3. The van der Waals surface area contributed by atoms with Gasteiger partial charge >= 0.3 is 0 Å². The smallest absolute Gasteiger partial charge is 0.224 e. The normalized spacial score (nSPS) is 18.0. The molecule has 1 atom stereocenters. The molecule has 7 nitrogen and oxygen atoms in total. The van der Waals surface area contributed by atoms with Crippen LogP contribution in [0.4, 0.5) is 0 Å². The second-order valence-corrected chi connectivity index (χ2v) is 5.92. The van der Waals surface area contributed by atoms with E-state index in [4.69, 9.17) is 9.47 Å². The lowest BCUT2D eigenvalue weighted by Crippen LogP contribution is -2.41. The van der Waals surface area contributed by atoms with E-state index in [1.807, 2.05) is 13.8 Å². The van der Waals surface area contributed by atoms with Gasteiger partial charge in [0.25, 0.3) is 0 Å². The molecule has 1 aliphatic heterocycles. The van der Waals surface area contributed by atoms with Crippen molar-refractivity contribution in [2.24, 2.45) is 0 Å². The van der Waals surface area contributed by atoms with Crippen molar-refractivity contribution in [1.82, 2.24) is 14.7 Å². The summed E-state index contributed by atoms with van der Waals surface area (Å²) in [4.78, 5) is 25.5. The number of likely N-dealkylation sites (N-methyl/N-ethyl adjacent to an activating group) is 1. The Morgan fingerprint density at radius 1 is 1.35 bits per heavy atom. The van der Waals surface area contributed by atoms with E-state index in [0.29, 0.717) is 50.6 Å². The van der Waals surface area contributed by atoms with Crippen molar-refractivity contribution in [3.05, 3.63) is 17.0 Å². The second kappa shape index (κ2) is 7.70. The summed E-state index contributed by atoms with van der Waals surface area (Å²) < 4.78 is 12.6. The number of hydrogen-bond donors (Lipinski definition) is 0. The number of rotatable bonds is 6. The molecule has 1 fully saturated rings. The van der Waals surface area contributed by atoms with Gasteiger partial charge in [-0.05, 0) is 20.8 Å². The minimum Gasteiger partial charge on any atom is -0.376 e. The van der Waals surface area contributed by atoms with Gasteiger partial charge in [0.1, 0.15) is 0 Å². The summed E-state index contributed by atoms with van der Waals surface area (Å²) in [5.74, 6) is 0.0280. The highest BCUT2D eigenvalue weighted by Gasteiger charge is 2.20. The molecule has 1 amide bonds. The Morgan fingerprint density at radius 3 is 2.65 bits per heavy atom. The molecule has 0 N–H and O–H groups in total. The Balaban J connectivity index is 1.88. The fraction of sp³-hybridized carbons (Fsp3) is 0.688. The van der Waals surface area contributed by atoms with Crippen LogP contribution in [0.1, 0.15) is 35.1 Å². The highest BCUT2D eigenvalue weighted by Crippen LogP contribution is 2.14. The summed E-state index contributed by atoms with van der Waals surface area (Å²) in [7, 11) is 1.77. The maximum absolute atomic E-state index is 12.2. The number of ketones is 1. The average molecular weight is 323 g/mol. The van der Waals surface area contributed by atoms with E-state index in [9.17, 15) is 9.59 Å². The van der Waals surface area contributed by atoms with Crippen molar-refractivity contribution in [3.8, 4) is 0 Å². The standard InChI is InChI=1S/C16H25N3O4/c1-11-16(13(3)20)12(2)19(17-11)6-5-15(21)18(4)9-14-10-22-7-8-23-14/h14H,5-10H2,1-4H3/t14-/m0/s1. The van der Waals surface area contributed by atoms with Crippen LogP contribution in [0.25, 0.3) is 0 Å². The second-order valence-electron chi connectivity index (χ2n) is 5.92. The molecular weight excluding hydrogens is 298 g/mol. The number of amides is 1. The molecule has 0 aliphatic carbocycles. The largest absolute Gasteiger partial charge is 0.376 e. The molecule has 7 heteroatoms. The molecule has 128 valence electrons. The van der Waals surface area contributed by atoms with Crippen LogP contribution in [0.15, 0.2) is 0 Å². The molecule has 2 heterocycles. The van der Waals surface area contributed by atoms with Crippen LogP contribution in [0.2, 0.25) is 0 Å². The summed E-state index contributed by atoms with van der Waals surface area (Å²) in [5, 5.41) is 4.36. The van der Waals surface area contributed by atoms with Crippen molar-refractivity contribution in [2.75, 3.05) is 33.4 Å². The number of carbonyl (C=O) groups excluding carboxylic acids is 2. The summed E-state index contributed by atoms with van der Waals surface area (Å²) in [6.07, 6.45) is 0.277. The molecule has 0 bridgehead atoms. The number of Topliss-reactive ketones (excluding diaryl/α,β-unsaturated/α-hetero) is 1. The van der Waals surface area contributed by atoms with Gasteiger partial charge in [-0.1, -0.05) is 0 Å².